The van der Waals surface area contributed by atoms with Crippen molar-refractivity contribution in [2.24, 2.45) is 0 Å². The molecule has 1 aromatic heterocycles. The Kier molecular flexibility index (Phi) is 5.28. The molecule has 1 aliphatic carbocycles. The van der Waals surface area contributed by atoms with E-state index in [1.54, 1.807) is 14.2 Å². The SMILES string of the molecule is COCCNCc1cc(=O)[nH]c(C2(OC)CCCC2)n1. The van der Waals surface area contributed by atoms with Crippen molar-refractivity contribution in [2.45, 2.75) is 37.8 Å². The number of H-pyrrole nitrogens is 1. The molecule has 1 fully saturated rings. The summed E-state index contributed by atoms with van der Waals surface area (Å²) in [4.78, 5) is 19.2. The molecule has 20 heavy (non-hydrogen) atoms. The Morgan fingerprint density at radius 2 is 2.15 bits per heavy atom. The van der Waals surface area contributed by atoms with E-state index in [1.807, 2.05) is 0 Å². The first-order chi connectivity index (χ1) is 9.70. The number of nitrogens with one attached hydrogen (secondary N) is 2. The topological polar surface area (TPSA) is 76.2 Å². The normalized spacial score (nSPS) is 17.5. The van der Waals surface area contributed by atoms with E-state index in [4.69, 9.17) is 9.47 Å². The fourth-order valence-corrected chi connectivity index (χ4v) is 2.69. The van der Waals surface area contributed by atoms with Gasteiger partial charge in [-0.05, 0) is 25.7 Å². The third kappa shape index (κ3) is 3.45. The van der Waals surface area contributed by atoms with Crippen LogP contribution < -0.4 is 10.9 Å². The minimum atomic E-state index is -0.415. The van der Waals surface area contributed by atoms with Crippen molar-refractivity contribution in [3.05, 3.63) is 27.9 Å². The number of hydrogen-bond donors (Lipinski definition) is 2. The smallest absolute Gasteiger partial charge is 0.251 e. The zero-order valence-corrected chi connectivity index (χ0v) is 12.2. The van der Waals surface area contributed by atoms with E-state index in [0.29, 0.717) is 19.0 Å². The lowest BCUT2D eigenvalue weighted by molar-refractivity contribution is -0.0166. The van der Waals surface area contributed by atoms with Crippen molar-refractivity contribution in [1.82, 2.24) is 15.3 Å². The van der Waals surface area contributed by atoms with Crippen LogP contribution in [0.1, 0.15) is 37.2 Å². The number of aromatic amines is 1. The molecule has 0 radical (unpaired) electrons. The van der Waals surface area contributed by atoms with Gasteiger partial charge in [0.25, 0.3) is 5.56 Å². The zero-order chi connectivity index (χ0) is 14.4. The largest absolute Gasteiger partial charge is 0.383 e. The number of methoxy groups -OCH3 is 2. The monoisotopic (exact) mass is 281 g/mol. The third-order valence-corrected chi connectivity index (χ3v) is 3.82. The van der Waals surface area contributed by atoms with Crippen LogP contribution in [0.4, 0.5) is 0 Å². The number of hydrogen-bond acceptors (Lipinski definition) is 5. The molecule has 0 saturated heterocycles. The molecule has 1 saturated carbocycles. The van der Waals surface area contributed by atoms with Crippen LogP contribution in [0.5, 0.6) is 0 Å². The van der Waals surface area contributed by atoms with E-state index >= 15 is 0 Å². The van der Waals surface area contributed by atoms with Gasteiger partial charge in [0.1, 0.15) is 11.4 Å². The van der Waals surface area contributed by atoms with Crippen LogP contribution in [0.3, 0.4) is 0 Å². The molecule has 6 nitrogen and oxygen atoms in total. The second-order valence-electron chi connectivity index (χ2n) is 5.16. The summed E-state index contributed by atoms with van der Waals surface area (Å²) in [7, 11) is 3.35. The maximum atomic E-state index is 11.8. The van der Waals surface area contributed by atoms with Gasteiger partial charge in [0.2, 0.25) is 0 Å². The van der Waals surface area contributed by atoms with Crippen LogP contribution in [-0.2, 0) is 21.6 Å². The average molecular weight is 281 g/mol. The molecular weight excluding hydrogens is 258 g/mol. The Morgan fingerprint density at radius 1 is 1.40 bits per heavy atom. The minimum absolute atomic E-state index is 0.123. The number of ether oxygens (including phenoxy) is 2. The fraction of sp³-hybridized carbons (Fsp3) is 0.714. The standard InChI is InChI=1S/C14H23N3O3/c1-19-8-7-15-10-11-9-12(18)17-13(16-11)14(20-2)5-3-4-6-14/h9,15H,3-8,10H2,1-2H3,(H,16,17,18). The van der Waals surface area contributed by atoms with Gasteiger partial charge in [0.15, 0.2) is 0 Å². The molecule has 0 aliphatic heterocycles. The zero-order valence-electron chi connectivity index (χ0n) is 12.2. The maximum absolute atomic E-state index is 11.8. The van der Waals surface area contributed by atoms with E-state index in [0.717, 1.165) is 37.9 Å². The molecule has 1 aromatic rings. The Bertz CT molecular complexity index is 481. The van der Waals surface area contributed by atoms with Gasteiger partial charge in [-0.3, -0.25) is 4.79 Å². The second kappa shape index (κ2) is 6.97. The van der Waals surface area contributed by atoms with Gasteiger partial charge >= 0.3 is 0 Å². The van der Waals surface area contributed by atoms with E-state index in [2.05, 4.69) is 15.3 Å². The highest BCUT2D eigenvalue weighted by molar-refractivity contribution is 5.10. The minimum Gasteiger partial charge on any atom is -0.383 e. The van der Waals surface area contributed by atoms with E-state index in [9.17, 15) is 4.79 Å². The van der Waals surface area contributed by atoms with Gasteiger partial charge in [0, 0.05) is 33.4 Å². The molecule has 1 aliphatic rings. The molecular formula is C14H23N3O3. The molecule has 0 amide bonds. The first-order valence-electron chi connectivity index (χ1n) is 7.06. The van der Waals surface area contributed by atoms with Crippen LogP contribution in [-0.4, -0.2) is 37.3 Å². The molecule has 2 rings (SSSR count). The van der Waals surface area contributed by atoms with Gasteiger partial charge in [-0.1, -0.05) is 0 Å². The van der Waals surface area contributed by atoms with Gasteiger partial charge in [-0.2, -0.15) is 0 Å². The van der Waals surface area contributed by atoms with Crippen molar-refractivity contribution in [2.75, 3.05) is 27.4 Å². The van der Waals surface area contributed by atoms with Crippen molar-refractivity contribution in [3.8, 4) is 0 Å². The molecule has 0 unspecified atom stereocenters. The summed E-state index contributed by atoms with van der Waals surface area (Å²) in [5.74, 6) is 0.661. The van der Waals surface area contributed by atoms with Crippen LogP contribution in [0, 0.1) is 0 Å². The lowest BCUT2D eigenvalue weighted by Gasteiger charge is -2.26. The highest BCUT2D eigenvalue weighted by Crippen LogP contribution is 2.39. The molecule has 6 heteroatoms. The number of rotatable bonds is 7. The Balaban J connectivity index is 2.13. The highest BCUT2D eigenvalue weighted by atomic mass is 16.5. The Morgan fingerprint density at radius 3 is 2.80 bits per heavy atom. The summed E-state index contributed by atoms with van der Waals surface area (Å²) in [5, 5.41) is 3.20. The molecule has 1 heterocycles. The summed E-state index contributed by atoms with van der Waals surface area (Å²) in [6, 6.07) is 1.53. The summed E-state index contributed by atoms with van der Waals surface area (Å²) < 4.78 is 10.6. The number of nitrogens with zero attached hydrogens (tertiary/aromatic N) is 1. The van der Waals surface area contributed by atoms with Crippen LogP contribution >= 0.6 is 0 Å². The highest BCUT2D eigenvalue weighted by Gasteiger charge is 2.38. The molecule has 0 bridgehead atoms. The fourth-order valence-electron chi connectivity index (χ4n) is 2.69. The lowest BCUT2D eigenvalue weighted by Crippen LogP contribution is -2.31. The van der Waals surface area contributed by atoms with Gasteiger partial charge in [0.05, 0.1) is 12.3 Å². The summed E-state index contributed by atoms with van der Waals surface area (Å²) >= 11 is 0. The molecule has 0 atom stereocenters. The predicted molar refractivity (Wildman–Crippen MR) is 75.6 cm³/mol. The first-order valence-corrected chi connectivity index (χ1v) is 7.06. The summed E-state index contributed by atoms with van der Waals surface area (Å²) in [6.45, 7) is 1.92. The third-order valence-electron chi connectivity index (χ3n) is 3.82. The van der Waals surface area contributed by atoms with Gasteiger partial charge in [-0.25, -0.2) is 4.98 Å². The quantitative estimate of drug-likeness (QED) is 0.727. The number of aromatic nitrogens is 2. The van der Waals surface area contributed by atoms with Crippen molar-refractivity contribution in [1.29, 1.82) is 0 Å². The van der Waals surface area contributed by atoms with Crippen LogP contribution in [0.25, 0.3) is 0 Å². The summed E-state index contributed by atoms with van der Waals surface area (Å²) in [6.07, 6.45) is 4.03. The van der Waals surface area contributed by atoms with E-state index < -0.39 is 5.60 Å². The Hall–Kier alpha value is -1.24. The van der Waals surface area contributed by atoms with Gasteiger partial charge in [-0.15, -0.1) is 0 Å². The van der Waals surface area contributed by atoms with Crippen LogP contribution in [0.2, 0.25) is 0 Å². The molecule has 0 spiro atoms. The van der Waals surface area contributed by atoms with Crippen molar-refractivity contribution in [3.63, 3.8) is 0 Å². The average Bonchev–Trinajstić information content (AvgIpc) is 2.93. The van der Waals surface area contributed by atoms with Crippen LogP contribution in [0.15, 0.2) is 10.9 Å². The van der Waals surface area contributed by atoms with E-state index in [-0.39, 0.29) is 5.56 Å². The second-order valence-corrected chi connectivity index (χ2v) is 5.16. The lowest BCUT2D eigenvalue weighted by atomic mass is 10.0. The van der Waals surface area contributed by atoms with Crippen molar-refractivity contribution >= 4 is 0 Å². The molecule has 0 aromatic carbocycles. The van der Waals surface area contributed by atoms with Crippen molar-refractivity contribution < 1.29 is 9.47 Å². The van der Waals surface area contributed by atoms with E-state index in [1.165, 1.54) is 6.07 Å². The molecule has 112 valence electrons. The Labute approximate surface area is 118 Å². The first kappa shape index (κ1) is 15.2. The van der Waals surface area contributed by atoms with Gasteiger partial charge < -0.3 is 19.8 Å². The maximum Gasteiger partial charge on any atom is 0.251 e. The summed E-state index contributed by atoms with van der Waals surface area (Å²) in [5.41, 5.74) is 0.201. The molecule has 2 N–H and O–H groups in total. The predicted octanol–water partition coefficient (Wildman–Crippen LogP) is 0.922.